The van der Waals surface area contributed by atoms with Crippen LogP contribution >= 0.6 is 11.6 Å². The second kappa shape index (κ2) is 12.6. The third kappa shape index (κ3) is 6.65. The summed E-state index contributed by atoms with van der Waals surface area (Å²) in [6.07, 6.45) is 3.68. The highest BCUT2D eigenvalue weighted by Gasteiger charge is 2.52. The number of halogens is 1. The number of aliphatic hydroxyl groups is 1. The van der Waals surface area contributed by atoms with Crippen molar-refractivity contribution in [2.24, 2.45) is 5.92 Å². The van der Waals surface area contributed by atoms with Crippen molar-refractivity contribution in [3.63, 3.8) is 0 Å². The monoisotopic (exact) mass is 509 g/mol. The molecule has 0 radical (unpaired) electrons. The van der Waals surface area contributed by atoms with Crippen molar-refractivity contribution in [3.8, 4) is 0 Å². The van der Waals surface area contributed by atoms with Crippen molar-refractivity contribution in [2.45, 2.75) is 31.3 Å². The number of esters is 2. The van der Waals surface area contributed by atoms with E-state index in [0.29, 0.717) is 29.2 Å². The van der Waals surface area contributed by atoms with Crippen LogP contribution in [-0.2, 0) is 25.5 Å². The van der Waals surface area contributed by atoms with Gasteiger partial charge in [0, 0.05) is 29.6 Å². The van der Waals surface area contributed by atoms with Crippen LogP contribution in [-0.4, -0.2) is 42.4 Å². The largest absolute Gasteiger partial charge is 0.461 e. The van der Waals surface area contributed by atoms with Crippen molar-refractivity contribution >= 4 is 23.5 Å². The molecule has 0 fully saturated rings. The molecule has 6 nitrogen and oxygen atoms in total. The van der Waals surface area contributed by atoms with E-state index in [2.05, 4.69) is 18.5 Å². The molecule has 0 unspecified atom stereocenters. The topological polar surface area (TPSA) is 84.9 Å². The third-order valence-corrected chi connectivity index (χ3v) is 6.40. The van der Waals surface area contributed by atoms with Crippen LogP contribution in [0.5, 0.6) is 0 Å². The molecule has 0 saturated heterocycles. The Morgan fingerprint density at radius 1 is 1.08 bits per heavy atom. The van der Waals surface area contributed by atoms with Gasteiger partial charge in [0.1, 0.15) is 13.2 Å². The molecule has 7 heteroatoms. The lowest BCUT2D eigenvalue weighted by Gasteiger charge is -2.43. The molecule has 0 aromatic heterocycles. The van der Waals surface area contributed by atoms with Gasteiger partial charge in [-0.15, -0.1) is 0 Å². The zero-order chi connectivity index (χ0) is 26.1. The lowest BCUT2D eigenvalue weighted by atomic mass is 9.66. The van der Waals surface area contributed by atoms with Gasteiger partial charge in [-0.2, -0.15) is 0 Å². The second-order valence-electron chi connectivity index (χ2n) is 8.90. The summed E-state index contributed by atoms with van der Waals surface area (Å²) in [5.74, 6) is -3.12. The molecule has 1 aliphatic rings. The molecule has 0 heterocycles. The minimum Gasteiger partial charge on any atom is -0.461 e. The van der Waals surface area contributed by atoms with Gasteiger partial charge in [-0.3, -0.25) is 4.79 Å². The first kappa shape index (κ1) is 27.2. The van der Waals surface area contributed by atoms with E-state index >= 15 is 0 Å². The van der Waals surface area contributed by atoms with E-state index in [1.54, 1.807) is 31.2 Å². The summed E-state index contributed by atoms with van der Waals surface area (Å²) in [6, 6.07) is 16.8. The van der Waals surface area contributed by atoms with Crippen molar-refractivity contribution in [1.82, 2.24) is 5.32 Å². The van der Waals surface area contributed by atoms with Crippen LogP contribution in [0.4, 0.5) is 0 Å². The molecule has 0 saturated carbocycles. The van der Waals surface area contributed by atoms with Crippen LogP contribution < -0.4 is 5.32 Å². The highest BCUT2D eigenvalue weighted by Crippen LogP contribution is 2.47. The third-order valence-electron chi connectivity index (χ3n) is 6.15. The fourth-order valence-electron chi connectivity index (χ4n) is 4.55. The predicted octanol–water partition coefficient (Wildman–Crippen LogP) is 4.74. The van der Waals surface area contributed by atoms with Gasteiger partial charge in [-0.1, -0.05) is 79.4 Å². The zero-order valence-corrected chi connectivity index (χ0v) is 21.2. The molecule has 0 bridgehead atoms. The van der Waals surface area contributed by atoms with Crippen LogP contribution in [0, 0.1) is 5.92 Å². The molecule has 0 amide bonds. The van der Waals surface area contributed by atoms with Crippen molar-refractivity contribution < 1.29 is 24.2 Å². The fraction of sp³-hybridized carbons (Fsp3) is 0.310. The minimum atomic E-state index is -1.51. The van der Waals surface area contributed by atoms with Gasteiger partial charge in [0.25, 0.3) is 0 Å². The Bertz CT molecular complexity index is 1110. The normalized spacial score (nSPS) is 21.4. The molecule has 3 rings (SSSR count). The molecular weight excluding hydrogens is 478 g/mol. The first-order chi connectivity index (χ1) is 17.3. The Morgan fingerprint density at radius 3 is 2.36 bits per heavy atom. The summed E-state index contributed by atoms with van der Waals surface area (Å²) >= 11 is 6.12. The number of hydrogen-bond acceptors (Lipinski definition) is 6. The highest BCUT2D eigenvalue weighted by atomic mass is 35.5. The van der Waals surface area contributed by atoms with E-state index in [9.17, 15) is 14.7 Å². The van der Waals surface area contributed by atoms with Crippen LogP contribution in [0.15, 0.2) is 91.2 Å². The minimum absolute atomic E-state index is 0.00887. The summed E-state index contributed by atoms with van der Waals surface area (Å²) in [7, 11) is 0. The van der Waals surface area contributed by atoms with E-state index < -0.39 is 29.4 Å². The lowest BCUT2D eigenvalue weighted by molar-refractivity contribution is -0.159. The van der Waals surface area contributed by atoms with Crippen molar-refractivity contribution in [3.05, 3.63) is 107 Å². The molecule has 2 aromatic carbocycles. The highest BCUT2D eigenvalue weighted by molar-refractivity contribution is 6.30. The Hall–Kier alpha value is -3.35. The van der Waals surface area contributed by atoms with Gasteiger partial charge in [0.2, 0.25) is 0 Å². The van der Waals surface area contributed by atoms with Gasteiger partial charge >= 0.3 is 11.9 Å². The van der Waals surface area contributed by atoms with Crippen LogP contribution in [0.25, 0.3) is 0 Å². The SMILES string of the molecule is C=CCOC(=O)C1=C(NCCc2ccccc2)C[C@@](C)(O)[C@@H](C(=O)OCC=C)[C@@H]1c1ccc(Cl)cc1. The summed E-state index contributed by atoms with van der Waals surface area (Å²) in [6.45, 7) is 9.31. The van der Waals surface area contributed by atoms with Gasteiger partial charge < -0.3 is 19.9 Å². The molecular formula is C29H32ClNO5. The van der Waals surface area contributed by atoms with E-state index in [1.165, 1.54) is 12.2 Å². The standard InChI is InChI=1S/C29H32ClNO5/c1-4-17-35-27(32)25-23(31-16-15-20-9-7-6-8-10-20)19-29(3,34)26(28(33)36-18-5-2)24(25)21-11-13-22(30)14-12-21/h4-14,24,26,31,34H,1-2,15-19H2,3H3/t24-,26-,29-/m1/s1. The van der Waals surface area contributed by atoms with Crippen LogP contribution in [0.2, 0.25) is 5.02 Å². The van der Waals surface area contributed by atoms with Gasteiger partial charge in [0.15, 0.2) is 0 Å². The van der Waals surface area contributed by atoms with Crippen LogP contribution in [0.1, 0.15) is 30.4 Å². The summed E-state index contributed by atoms with van der Waals surface area (Å²) in [4.78, 5) is 26.6. The Balaban J connectivity index is 2.09. The Kier molecular flexibility index (Phi) is 9.51. The van der Waals surface area contributed by atoms with Crippen LogP contribution in [0.3, 0.4) is 0 Å². The molecule has 0 spiro atoms. The van der Waals surface area contributed by atoms with Gasteiger partial charge in [0.05, 0.1) is 17.1 Å². The summed E-state index contributed by atoms with van der Waals surface area (Å²) < 4.78 is 10.8. The maximum Gasteiger partial charge on any atom is 0.336 e. The molecule has 36 heavy (non-hydrogen) atoms. The average Bonchev–Trinajstić information content (AvgIpc) is 2.86. The number of carbonyl (C=O) groups is 2. The molecule has 2 aromatic rings. The smallest absolute Gasteiger partial charge is 0.336 e. The molecule has 1 aliphatic carbocycles. The first-order valence-corrected chi connectivity index (χ1v) is 12.2. The number of nitrogens with one attached hydrogen (secondary N) is 1. The van der Waals surface area contributed by atoms with E-state index in [0.717, 1.165) is 5.56 Å². The quantitative estimate of drug-likeness (QED) is 0.336. The molecule has 190 valence electrons. The van der Waals surface area contributed by atoms with E-state index in [4.69, 9.17) is 21.1 Å². The maximum atomic E-state index is 13.4. The number of carbonyl (C=O) groups excluding carboxylic acids is 2. The van der Waals surface area contributed by atoms with Gasteiger partial charge in [-0.25, -0.2) is 4.79 Å². The molecule has 3 atom stereocenters. The van der Waals surface area contributed by atoms with Gasteiger partial charge in [-0.05, 0) is 36.6 Å². The maximum absolute atomic E-state index is 13.4. The number of hydrogen-bond donors (Lipinski definition) is 2. The number of benzene rings is 2. The average molecular weight is 510 g/mol. The number of rotatable bonds is 11. The Labute approximate surface area is 217 Å². The summed E-state index contributed by atoms with van der Waals surface area (Å²) in [5.41, 5.74) is 1.05. The lowest BCUT2D eigenvalue weighted by Crippen LogP contribution is -2.50. The second-order valence-corrected chi connectivity index (χ2v) is 9.34. The molecule has 0 aliphatic heterocycles. The first-order valence-electron chi connectivity index (χ1n) is 11.8. The zero-order valence-electron chi connectivity index (χ0n) is 20.4. The van der Waals surface area contributed by atoms with Crippen molar-refractivity contribution in [1.29, 1.82) is 0 Å². The van der Waals surface area contributed by atoms with E-state index in [-0.39, 0.29) is 25.2 Å². The summed E-state index contributed by atoms with van der Waals surface area (Å²) in [5, 5.41) is 15.4. The fourth-order valence-corrected chi connectivity index (χ4v) is 4.68. The van der Waals surface area contributed by atoms with E-state index in [1.807, 2.05) is 30.3 Å². The van der Waals surface area contributed by atoms with Crippen molar-refractivity contribution in [2.75, 3.05) is 19.8 Å². The number of ether oxygens (including phenoxy) is 2. The molecule has 2 N–H and O–H groups in total. The Morgan fingerprint density at radius 2 is 1.72 bits per heavy atom. The predicted molar refractivity (Wildman–Crippen MR) is 140 cm³/mol.